The van der Waals surface area contributed by atoms with Crippen LogP contribution < -0.4 is 11.1 Å². The van der Waals surface area contributed by atoms with Gasteiger partial charge in [-0.2, -0.15) is 0 Å². The molecule has 2 heterocycles. The molecule has 150 valence electrons. The van der Waals surface area contributed by atoms with E-state index < -0.39 is 0 Å². The first kappa shape index (κ1) is 19.1. The van der Waals surface area contributed by atoms with E-state index in [1.165, 1.54) is 4.68 Å². The second-order valence-electron chi connectivity index (χ2n) is 7.47. The quantitative estimate of drug-likeness (QED) is 0.732. The van der Waals surface area contributed by atoms with Crippen LogP contribution in [0.1, 0.15) is 18.0 Å². The van der Waals surface area contributed by atoms with Crippen molar-refractivity contribution < 1.29 is 4.79 Å². The Hall–Kier alpha value is -3.19. The fourth-order valence-corrected chi connectivity index (χ4v) is 3.93. The summed E-state index contributed by atoms with van der Waals surface area (Å²) in [6, 6.07) is 16.7. The van der Waals surface area contributed by atoms with Crippen molar-refractivity contribution in [3.63, 3.8) is 0 Å². The number of carbonyl (C=O) groups excluding carboxylic acids is 1. The number of hydrogen-bond donors (Lipinski definition) is 1. The van der Waals surface area contributed by atoms with Crippen molar-refractivity contribution in [3.8, 4) is 0 Å². The van der Waals surface area contributed by atoms with Crippen LogP contribution in [0.5, 0.6) is 0 Å². The minimum absolute atomic E-state index is 0.0187. The van der Waals surface area contributed by atoms with Crippen molar-refractivity contribution in [2.75, 3.05) is 26.7 Å². The minimum atomic E-state index is -0.325. The fraction of sp³-hybridized carbons (Fsp3) is 0.318. The van der Waals surface area contributed by atoms with Gasteiger partial charge in [0.1, 0.15) is 0 Å². The van der Waals surface area contributed by atoms with E-state index in [1.54, 1.807) is 24.3 Å². The van der Waals surface area contributed by atoms with E-state index in [0.717, 1.165) is 18.7 Å². The molecule has 2 aromatic carbocycles. The molecule has 0 spiro atoms. The highest BCUT2D eigenvalue weighted by Crippen LogP contribution is 2.25. The van der Waals surface area contributed by atoms with Gasteiger partial charge in [0.05, 0.1) is 23.4 Å². The number of nitrogens with one attached hydrogen (secondary N) is 1. The van der Waals surface area contributed by atoms with Gasteiger partial charge >= 0.3 is 0 Å². The lowest BCUT2D eigenvalue weighted by Crippen LogP contribution is -2.49. The van der Waals surface area contributed by atoms with Gasteiger partial charge in [-0.25, -0.2) is 4.68 Å². The molecule has 7 nitrogen and oxygen atoms in total. The van der Waals surface area contributed by atoms with Gasteiger partial charge in [0.2, 0.25) is 5.91 Å². The fourth-order valence-electron chi connectivity index (χ4n) is 3.93. The number of aromatic amines is 1. The third-order valence-corrected chi connectivity index (χ3v) is 5.52. The van der Waals surface area contributed by atoms with Crippen LogP contribution in [0, 0.1) is 0 Å². The Kier molecular flexibility index (Phi) is 5.31. The molecule has 1 aliphatic heterocycles. The van der Waals surface area contributed by atoms with Gasteiger partial charge in [0.15, 0.2) is 0 Å². The van der Waals surface area contributed by atoms with Crippen LogP contribution in [0.25, 0.3) is 10.8 Å². The molecule has 0 saturated carbocycles. The van der Waals surface area contributed by atoms with Crippen LogP contribution in [0.2, 0.25) is 0 Å². The summed E-state index contributed by atoms with van der Waals surface area (Å²) in [6.07, 6.45) is 0.154. The number of aromatic nitrogens is 2. The number of H-pyrrole nitrogens is 1. The summed E-state index contributed by atoms with van der Waals surface area (Å²) in [5.41, 5.74) is 0.490. The number of hydrogen-bond acceptors (Lipinski definition) is 4. The monoisotopic (exact) mass is 392 g/mol. The number of likely N-dealkylation sites (N-methyl/N-ethyl adjacent to an activating group) is 1. The van der Waals surface area contributed by atoms with Gasteiger partial charge in [0.25, 0.3) is 11.1 Å². The van der Waals surface area contributed by atoms with Gasteiger partial charge in [-0.15, -0.1) is 0 Å². The molecule has 1 amide bonds. The van der Waals surface area contributed by atoms with E-state index in [9.17, 15) is 14.4 Å². The van der Waals surface area contributed by atoms with Crippen molar-refractivity contribution in [2.45, 2.75) is 19.0 Å². The first-order valence-corrected chi connectivity index (χ1v) is 9.79. The maximum Gasteiger partial charge on any atom is 0.273 e. The highest BCUT2D eigenvalue weighted by atomic mass is 16.2. The maximum atomic E-state index is 13.0. The average Bonchev–Trinajstić information content (AvgIpc) is 2.75. The number of carbonyl (C=O) groups is 1. The van der Waals surface area contributed by atoms with Crippen LogP contribution in [0.4, 0.5) is 0 Å². The van der Waals surface area contributed by atoms with Crippen molar-refractivity contribution >= 4 is 16.7 Å². The largest absolute Gasteiger partial charge is 0.333 e. The zero-order valence-corrected chi connectivity index (χ0v) is 16.4. The van der Waals surface area contributed by atoms with Crippen LogP contribution >= 0.6 is 0 Å². The summed E-state index contributed by atoms with van der Waals surface area (Å²) in [4.78, 5) is 42.0. The van der Waals surface area contributed by atoms with E-state index in [4.69, 9.17) is 0 Å². The molecule has 1 aromatic heterocycles. The summed E-state index contributed by atoms with van der Waals surface area (Å²) in [6.45, 7) is 2.36. The number of benzene rings is 2. The molecule has 0 radical (unpaired) electrons. The number of rotatable bonds is 4. The lowest BCUT2D eigenvalue weighted by atomic mass is 10.0. The molecule has 3 aromatic rings. The van der Waals surface area contributed by atoms with Gasteiger partial charge < -0.3 is 9.80 Å². The third-order valence-electron chi connectivity index (χ3n) is 5.52. The molecular weight excluding hydrogens is 368 g/mol. The lowest BCUT2D eigenvalue weighted by molar-refractivity contribution is -0.136. The Bertz CT molecular complexity index is 1140. The molecule has 7 heteroatoms. The van der Waals surface area contributed by atoms with Crippen molar-refractivity contribution in [1.29, 1.82) is 0 Å². The smallest absolute Gasteiger partial charge is 0.273 e. The molecule has 1 aliphatic rings. The Labute approximate surface area is 168 Å². The molecule has 29 heavy (non-hydrogen) atoms. The van der Waals surface area contributed by atoms with E-state index in [2.05, 4.69) is 17.0 Å². The zero-order chi connectivity index (χ0) is 20.4. The predicted octanol–water partition coefficient (Wildman–Crippen LogP) is 1.60. The second kappa shape index (κ2) is 8.05. The van der Waals surface area contributed by atoms with Crippen molar-refractivity contribution in [2.24, 2.45) is 0 Å². The molecule has 1 saturated heterocycles. The highest BCUT2D eigenvalue weighted by molar-refractivity contribution is 5.80. The molecule has 0 aliphatic carbocycles. The lowest BCUT2D eigenvalue weighted by Gasteiger charge is -2.40. The van der Waals surface area contributed by atoms with Crippen molar-refractivity contribution in [3.05, 3.63) is 80.9 Å². The summed E-state index contributed by atoms with van der Waals surface area (Å²) in [7, 11) is 2.05. The Balaban J connectivity index is 1.55. The standard InChI is InChI=1S/C22H24N4O3/c1-24-13-14-25(19(15-24)16-7-3-2-4-8-16)20(27)11-12-26-22(29)18-10-6-5-9-17(18)21(28)23-26/h2-10,19H,11-15H2,1H3,(H,23,28). The topological polar surface area (TPSA) is 78.4 Å². The Morgan fingerprint density at radius 1 is 1.00 bits per heavy atom. The van der Waals surface area contributed by atoms with E-state index >= 15 is 0 Å². The van der Waals surface area contributed by atoms with E-state index in [-0.39, 0.29) is 36.0 Å². The molecule has 0 bridgehead atoms. The second-order valence-corrected chi connectivity index (χ2v) is 7.47. The highest BCUT2D eigenvalue weighted by Gasteiger charge is 2.29. The summed E-state index contributed by atoms with van der Waals surface area (Å²) >= 11 is 0. The minimum Gasteiger partial charge on any atom is -0.333 e. The molecule has 1 N–H and O–H groups in total. The number of piperazine rings is 1. The zero-order valence-electron chi connectivity index (χ0n) is 16.4. The number of nitrogens with zero attached hydrogens (tertiary/aromatic N) is 3. The Morgan fingerprint density at radius 3 is 2.45 bits per heavy atom. The number of fused-ring (bicyclic) bond motifs is 1. The van der Waals surface area contributed by atoms with Crippen LogP contribution in [-0.4, -0.2) is 52.2 Å². The van der Waals surface area contributed by atoms with E-state index in [0.29, 0.717) is 17.3 Å². The predicted molar refractivity (Wildman–Crippen MR) is 112 cm³/mol. The number of aryl methyl sites for hydroxylation is 1. The summed E-state index contributed by atoms with van der Waals surface area (Å²) < 4.78 is 1.25. The van der Waals surface area contributed by atoms with Crippen molar-refractivity contribution in [1.82, 2.24) is 19.6 Å². The van der Waals surface area contributed by atoms with Gasteiger partial charge in [-0.05, 0) is 24.7 Å². The summed E-state index contributed by atoms with van der Waals surface area (Å²) in [5, 5.41) is 3.33. The summed E-state index contributed by atoms with van der Waals surface area (Å²) in [5.74, 6) is -0.0205. The van der Waals surface area contributed by atoms with Gasteiger partial charge in [-0.1, -0.05) is 42.5 Å². The first-order chi connectivity index (χ1) is 14.0. The molecular formula is C22H24N4O3. The van der Waals surface area contributed by atoms with Crippen LogP contribution in [0.3, 0.4) is 0 Å². The molecule has 1 fully saturated rings. The molecule has 1 unspecified atom stereocenters. The van der Waals surface area contributed by atoms with Crippen LogP contribution in [0.15, 0.2) is 64.2 Å². The first-order valence-electron chi connectivity index (χ1n) is 9.79. The van der Waals surface area contributed by atoms with Gasteiger partial charge in [0, 0.05) is 26.1 Å². The third kappa shape index (κ3) is 3.86. The molecule has 1 atom stereocenters. The average molecular weight is 392 g/mol. The molecule has 4 rings (SSSR count). The van der Waals surface area contributed by atoms with E-state index in [1.807, 2.05) is 35.2 Å². The van der Waals surface area contributed by atoms with Gasteiger partial charge in [-0.3, -0.25) is 19.5 Å². The van der Waals surface area contributed by atoms with Crippen LogP contribution in [-0.2, 0) is 11.3 Å². The normalized spacial score (nSPS) is 17.6. The SMILES string of the molecule is CN1CCN(C(=O)CCn2[nH]c(=O)c3ccccc3c2=O)C(c2ccccc2)C1. The Morgan fingerprint density at radius 2 is 1.69 bits per heavy atom. The number of amides is 1. The maximum absolute atomic E-state index is 13.0.